The highest BCUT2D eigenvalue weighted by atomic mass is 19.1. The van der Waals surface area contributed by atoms with E-state index in [1.54, 1.807) is 12.1 Å². The van der Waals surface area contributed by atoms with E-state index in [2.05, 4.69) is 5.32 Å². The van der Waals surface area contributed by atoms with Crippen molar-refractivity contribution < 1.29 is 13.5 Å². The van der Waals surface area contributed by atoms with E-state index in [9.17, 15) is 8.78 Å². The fourth-order valence-corrected chi connectivity index (χ4v) is 1.94. The van der Waals surface area contributed by atoms with Gasteiger partial charge >= 0.3 is 0 Å². The molecule has 0 aromatic heterocycles. The van der Waals surface area contributed by atoms with Crippen molar-refractivity contribution in [2.24, 2.45) is 0 Å². The second-order valence-corrected chi connectivity index (χ2v) is 4.98. The monoisotopic (exact) mass is 275 g/mol. The summed E-state index contributed by atoms with van der Waals surface area (Å²) in [4.78, 5) is 0. The molecule has 0 unspecified atom stereocenters. The molecule has 104 valence electrons. The lowest BCUT2D eigenvalue weighted by molar-refractivity contribution is 0.438. The molecule has 0 atom stereocenters. The van der Waals surface area contributed by atoms with E-state index in [1.807, 2.05) is 6.07 Å². The minimum atomic E-state index is -0.440. The van der Waals surface area contributed by atoms with Crippen LogP contribution in [0.1, 0.15) is 18.4 Å². The first kappa shape index (κ1) is 13.1. The SMILES string of the molecule is Fc1cccc(Oc2ccc(CNC3CC3)cc2F)c1. The van der Waals surface area contributed by atoms with Gasteiger partial charge in [0.05, 0.1) is 0 Å². The molecule has 0 aliphatic heterocycles. The first-order chi connectivity index (χ1) is 9.70. The minimum absolute atomic E-state index is 0.103. The van der Waals surface area contributed by atoms with Crippen molar-refractivity contribution in [1.29, 1.82) is 0 Å². The van der Waals surface area contributed by atoms with Gasteiger partial charge < -0.3 is 10.1 Å². The first-order valence-electron chi connectivity index (χ1n) is 6.66. The first-order valence-corrected chi connectivity index (χ1v) is 6.66. The Kier molecular flexibility index (Phi) is 3.65. The van der Waals surface area contributed by atoms with E-state index >= 15 is 0 Å². The van der Waals surface area contributed by atoms with Crippen LogP contribution >= 0.6 is 0 Å². The molecule has 2 aromatic carbocycles. The Balaban J connectivity index is 1.69. The molecule has 1 aliphatic rings. The van der Waals surface area contributed by atoms with Crippen molar-refractivity contribution in [2.75, 3.05) is 0 Å². The molecule has 3 rings (SSSR count). The van der Waals surface area contributed by atoms with Gasteiger partial charge in [0, 0.05) is 18.7 Å². The molecule has 20 heavy (non-hydrogen) atoms. The zero-order valence-electron chi connectivity index (χ0n) is 10.9. The summed E-state index contributed by atoms with van der Waals surface area (Å²) >= 11 is 0. The molecule has 1 fully saturated rings. The number of rotatable bonds is 5. The molecule has 1 N–H and O–H groups in total. The fraction of sp³-hybridized carbons (Fsp3) is 0.250. The summed E-state index contributed by atoms with van der Waals surface area (Å²) in [5.41, 5.74) is 0.876. The summed E-state index contributed by atoms with van der Waals surface area (Å²) in [6, 6.07) is 11.1. The number of benzene rings is 2. The lowest BCUT2D eigenvalue weighted by Gasteiger charge is -2.09. The second kappa shape index (κ2) is 5.59. The molecule has 0 saturated heterocycles. The summed E-state index contributed by atoms with van der Waals surface area (Å²) in [5, 5.41) is 3.32. The third kappa shape index (κ3) is 3.33. The second-order valence-electron chi connectivity index (χ2n) is 4.98. The van der Waals surface area contributed by atoms with Gasteiger partial charge in [0.25, 0.3) is 0 Å². The summed E-state index contributed by atoms with van der Waals surface area (Å²) in [7, 11) is 0. The van der Waals surface area contributed by atoms with E-state index < -0.39 is 11.6 Å². The van der Waals surface area contributed by atoms with E-state index in [4.69, 9.17) is 4.74 Å². The molecule has 0 bridgehead atoms. The van der Waals surface area contributed by atoms with E-state index in [1.165, 1.54) is 37.1 Å². The number of ether oxygens (including phenoxy) is 1. The molecule has 1 aliphatic carbocycles. The van der Waals surface area contributed by atoms with Crippen LogP contribution in [0.2, 0.25) is 0 Å². The summed E-state index contributed by atoms with van der Waals surface area (Å²) in [6.07, 6.45) is 2.40. The third-order valence-corrected chi connectivity index (χ3v) is 3.19. The topological polar surface area (TPSA) is 21.3 Å². The van der Waals surface area contributed by atoms with E-state index in [0.29, 0.717) is 12.6 Å². The minimum Gasteiger partial charge on any atom is -0.454 e. The van der Waals surface area contributed by atoms with Crippen LogP contribution in [0.4, 0.5) is 8.78 Å². The number of hydrogen-bond donors (Lipinski definition) is 1. The van der Waals surface area contributed by atoms with Crippen LogP contribution in [-0.2, 0) is 6.54 Å². The average molecular weight is 275 g/mol. The van der Waals surface area contributed by atoms with Crippen molar-refractivity contribution in [1.82, 2.24) is 5.32 Å². The quantitative estimate of drug-likeness (QED) is 0.890. The van der Waals surface area contributed by atoms with E-state index in [0.717, 1.165) is 5.56 Å². The zero-order valence-corrected chi connectivity index (χ0v) is 10.9. The largest absolute Gasteiger partial charge is 0.454 e. The van der Waals surface area contributed by atoms with Gasteiger partial charge in [-0.2, -0.15) is 0 Å². The van der Waals surface area contributed by atoms with E-state index in [-0.39, 0.29) is 11.5 Å². The molecule has 0 radical (unpaired) electrons. The van der Waals surface area contributed by atoms with Crippen LogP contribution in [0.25, 0.3) is 0 Å². The van der Waals surface area contributed by atoms with Crippen molar-refractivity contribution in [3.8, 4) is 11.5 Å². The Bertz CT molecular complexity index is 611. The van der Waals surface area contributed by atoms with Gasteiger partial charge in [-0.05, 0) is 42.7 Å². The molecule has 2 nitrogen and oxygen atoms in total. The third-order valence-electron chi connectivity index (χ3n) is 3.19. The number of hydrogen-bond acceptors (Lipinski definition) is 2. The maximum atomic E-state index is 13.9. The Morgan fingerprint density at radius 3 is 2.65 bits per heavy atom. The number of nitrogens with one attached hydrogen (secondary N) is 1. The summed E-state index contributed by atoms with van der Waals surface area (Å²) in [6.45, 7) is 0.655. The molecule has 2 aromatic rings. The van der Waals surface area contributed by atoms with Crippen LogP contribution in [0.3, 0.4) is 0 Å². The number of halogens is 2. The molecule has 0 spiro atoms. The predicted molar refractivity (Wildman–Crippen MR) is 72.7 cm³/mol. The highest BCUT2D eigenvalue weighted by molar-refractivity contribution is 5.34. The van der Waals surface area contributed by atoms with Crippen molar-refractivity contribution in [3.63, 3.8) is 0 Å². The van der Waals surface area contributed by atoms with Crippen LogP contribution in [0.5, 0.6) is 11.5 Å². The van der Waals surface area contributed by atoms with Crippen molar-refractivity contribution in [3.05, 3.63) is 59.7 Å². The zero-order chi connectivity index (χ0) is 13.9. The Labute approximate surface area is 116 Å². The molecular weight excluding hydrogens is 260 g/mol. The van der Waals surface area contributed by atoms with Crippen LogP contribution in [0.15, 0.2) is 42.5 Å². The van der Waals surface area contributed by atoms with Gasteiger partial charge in [0.15, 0.2) is 11.6 Å². The summed E-state index contributed by atoms with van der Waals surface area (Å²) in [5.74, 6) is -0.462. The normalized spacial score (nSPS) is 14.3. The fourth-order valence-electron chi connectivity index (χ4n) is 1.94. The van der Waals surface area contributed by atoms with Crippen molar-refractivity contribution >= 4 is 0 Å². The Morgan fingerprint density at radius 2 is 1.95 bits per heavy atom. The molecule has 0 heterocycles. The van der Waals surface area contributed by atoms with Gasteiger partial charge in [0.1, 0.15) is 11.6 Å². The van der Waals surface area contributed by atoms with Crippen LogP contribution in [0, 0.1) is 11.6 Å². The lowest BCUT2D eigenvalue weighted by atomic mass is 10.2. The van der Waals surface area contributed by atoms with Gasteiger partial charge in [-0.15, -0.1) is 0 Å². The maximum Gasteiger partial charge on any atom is 0.166 e. The summed E-state index contributed by atoms with van der Waals surface area (Å²) < 4.78 is 32.3. The van der Waals surface area contributed by atoms with Crippen LogP contribution in [-0.4, -0.2) is 6.04 Å². The van der Waals surface area contributed by atoms with Crippen molar-refractivity contribution in [2.45, 2.75) is 25.4 Å². The molecule has 4 heteroatoms. The standard InChI is InChI=1S/C16H15F2NO/c17-12-2-1-3-14(9-12)20-16-7-4-11(8-15(16)18)10-19-13-5-6-13/h1-4,7-9,13,19H,5-6,10H2. The van der Waals surface area contributed by atoms with Crippen LogP contribution < -0.4 is 10.1 Å². The maximum absolute atomic E-state index is 13.9. The smallest absolute Gasteiger partial charge is 0.166 e. The molecule has 0 amide bonds. The Hall–Kier alpha value is -1.94. The van der Waals surface area contributed by atoms with Gasteiger partial charge in [-0.1, -0.05) is 12.1 Å². The molecule has 1 saturated carbocycles. The van der Waals surface area contributed by atoms with Gasteiger partial charge in [-0.25, -0.2) is 8.78 Å². The highest BCUT2D eigenvalue weighted by Gasteiger charge is 2.20. The van der Waals surface area contributed by atoms with Gasteiger partial charge in [-0.3, -0.25) is 0 Å². The highest BCUT2D eigenvalue weighted by Crippen LogP contribution is 2.26. The van der Waals surface area contributed by atoms with Gasteiger partial charge in [0.2, 0.25) is 0 Å². The lowest BCUT2D eigenvalue weighted by Crippen LogP contribution is -2.15. The molecular formula is C16H15F2NO. The predicted octanol–water partition coefficient (Wildman–Crippen LogP) is 4.01. The average Bonchev–Trinajstić information content (AvgIpc) is 3.23. The Morgan fingerprint density at radius 1 is 1.10 bits per heavy atom.